The number of aliphatic hydroxyl groups is 1. The molecule has 2 aromatic carbocycles. The molecular weight excluding hydrogens is 526 g/mol. The van der Waals surface area contributed by atoms with Gasteiger partial charge in [-0.1, -0.05) is 67.2 Å². The number of pyridine rings is 2. The zero-order valence-electron chi connectivity index (χ0n) is 22.1. The molecule has 1 amide bonds. The number of hydrogen-bond donors (Lipinski definition) is 2. The molecule has 40 heavy (non-hydrogen) atoms. The van der Waals surface area contributed by atoms with Gasteiger partial charge in [-0.15, -0.1) is 0 Å². The molecule has 1 aliphatic rings. The van der Waals surface area contributed by atoms with Crippen LogP contribution in [0.5, 0.6) is 0 Å². The Kier molecular flexibility index (Phi) is 9.08. The van der Waals surface area contributed by atoms with Crippen LogP contribution in [0.25, 0.3) is 0 Å². The molecule has 0 radical (unpaired) electrons. The molecule has 1 aliphatic heterocycles. The van der Waals surface area contributed by atoms with Gasteiger partial charge in [0.25, 0.3) is 10.9 Å². The second-order valence-electron chi connectivity index (χ2n) is 9.66. The number of nitrogens with one attached hydrogen (secondary N) is 1. The van der Waals surface area contributed by atoms with Crippen molar-refractivity contribution in [1.29, 1.82) is 0 Å². The molecule has 0 unspecified atom stereocenters. The third kappa shape index (κ3) is 6.68. The fraction of sp³-hybridized carbons (Fsp3) is 0.258. The minimum Gasteiger partial charge on any atom is -0.618 e. The number of thioether (sulfide) groups is 1. The Morgan fingerprint density at radius 2 is 1.75 bits per heavy atom. The average Bonchev–Trinajstić information content (AvgIpc) is 3.01. The van der Waals surface area contributed by atoms with Gasteiger partial charge >= 0.3 is 0 Å². The lowest BCUT2D eigenvalue weighted by Crippen LogP contribution is -2.39. The summed E-state index contributed by atoms with van der Waals surface area (Å²) in [4.78, 5) is 16.4. The number of nitrogens with zero attached hydrogens (tertiary/aromatic N) is 2. The van der Waals surface area contributed by atoms with Crippen molar-refractivity contribution in [3.05, 3.63) is 130 Å². The van der Waals surface area contributed by atoms with Crippen LogP contribution in [0, 0.1) is 11.1 Å². The van der Waals surface area contributed by atoms with Gasteiger partial charge in [0.2, 0.25) is 0 Å². The van der Waals surface area contributed by atoms with Crippen molar-refractivity contribution in [3.8, 4) is 0 Å². The average molecular weight is 558 g/mol. The van der Waals surface area contributed by atoms with E-state index in [4.69, 9.17) is 9.47 Å². The lowest BCUT2D eigenvalue weighted by molar-refractivity contribution is -0.645. The number of aliphatic hydroxyl groups excluding tert-OH is 1. The molecule has 5 rings (SSSR count). The molecule has 1 fully saturated rings. The van der Waals surface area contributed by atoms with Crippen LogP contribution in [-0.4, -0.2) is 27.9 Å². The van der Waals surface area contributed by atoms with E-state index in [1.54, 1.807) is 30.5 Å². The Morgan fingerprint density at radius 3 is 2.45 bits per heavy atom. The summed E-state index contributed by atoms with van der Waals surface area (Å²) in [5, 5.41) is 25.2. The second-order valence-corrected chi connectivity index (χ2v) is 10.7. The highest BCUT2D eigenvalue weighted by Crippen LogP contribution is 2.42. The van der Waals surface area contributed by atoms with Gasteiger partial charge in [0, 0.05) is 48.3 Å². The smallest absolute Gasteiger partial charge is 0.253 e. The molecule has 0 bridgehead atoms. The molecule has 2 N–H and O–H groups in total. The van der Waals surface area contributed by atoms with Crippen molar-refractivity contribution in [2.24, 2.45) is 5.92 Å². The SMILES string of the molecule is C[C@H]1[C@@H](CSc2cccc[n+]2[O-])O[C@@H](c2ccc(CNC(=O)c3cccnc3)cc2)O[C@H]1c1ccc(CO)cc1. The van der Waals surface area contributed by atoms with E-state index in [0.717, 1.165) is 27.0 Å². The van der Waals surface area contributed by atoms with E-state index in [1.165, 1.54) is 24.2 Å². The van der Waals surface area contributed by atoms with Crippen molar-refractivity contribution in [1.82, 2.24) is 10.3 Å². The first kappa shape index (κ1) is 27.8. The van der Waals surface area contributed by atoms with Crippen LogP contribution in [-0.2, 0) is 22.6 Å². The molecule has 3 heterocycles. The first-order valence-corrected chi connectivity index (χ1v) is 14.1. The fourth-order valence-electron chi connectivity index (χ4n) is 4.58. The Hall–Kier alpha value is -3.76. The van der Waals surface area contributed by atoms with E-state index in [0.29, 0.717) is 22.9 Å². The van der Waals surface area contributed by atoms with Gasteiger partial charge in [-0.3, -0.25) is 9.78 Å². The maximum absolute atomic E-state index is 12.4. The first-order chi connectivity index (χ1) is 19.5. The summed E-state index contributed by atoms with van der Waals surface area (Å²) < 4.78 is 13.8. The van der Waals surface area contributed by atoms with E-state index < -0.39 is 6.29 Å². The molecule has 0 spiro atoms. The zero-order chi connectivity index (χ0) is 27.9. The van der Waals surface area contributed by atoms with Gasteiger partial charge in [-0.2, -0.15) is 4.73 Å². The largest absolute Gasteiger partial charge is 0.618 e. The molecule has 2 aromatic heterocycles. The Labute approximate surface area is 237 Å². The molecule has 4 aromatic rings. The number of carbonyl (C=O) groups excluding carboxylic acids is 1. The number of benzene rings is 2. The van der Waals surface area contributed by atoms with Crippen molar-refractivity contribution in [2.75, 3.05) is 5.75 Å². The Bertz CT molecular complexity index is 1400. The molecule has 4 atom stereocenters. The summed E-state index contributed by atoms with van der Waals surface area (Å²) in [6.07, 6.45) is 3.61. The van der Waals surface area contributed by atoms with Crippen LogP contribution in [0.15, 0.2) is 102 Å². The van der Waals surface area contributed by atoms with Gasteiger partial charge < -0.3 is 25.1 Å². The highest BCUT2D eigenvalue weighted by atomic mass is 32.2. The number of aromatic nitrogens is 2. The normalized spacial score (nSPS) is 20.6. The molecular formula is C31H31N3O5S. The van der Waals surface area contributed by atoms with Gasteiger partial charge in [-0.05, 0) is 34.9 Å². The number of ether oxygens (including phenoxy) is 2. The van der Waals surface area contributed by atoms with Crippen LogP contribution in [0.3, 0.4) is 0 Å². The summed E-state index contributed by atoms with van der Waals surface area (Å²) in [5.74, 6) is 0.407. The second kappa shape index (κ2) is 13.1. The lowest BCUT2D eigenvalue weighted by atomic mass is 9.91. The monoisotopic (exact) mass is 557 g/mol. The lowest BCUT2D eigenvalue weighted by Gasteiger charge is -2.41. The van der Waals surface area contributed by atoms with Crippen molar-refractivity contribution in [3.63, 3.8) is 0 Å². The van der Waals surface area contributed by atoms with E-state index >= 15 is 0 Å². The topological polar surface area (TPSA) is 108 Å². The maximum atomic E-state index is 12.4. The van der Waals surface area contributed by atoms with Crippen LogP contribution >= 0.6 is 11.8 Å². The minimum absolute atomic E-state index is 0.00880. The Balaban J connectivity index is 1.31. The number of carbonyl (C=O) groups is 1. The highest BCUT2D eigenvalue weighted by molar-refractivity contribution is 7.99. The van der Waals surface area contributed by atoms with Gasteiger partial charge in [0.15, 0.2) is 12.5 Å². The third-order valence-corrected chi connectivity index (χ3v) is 8.04. The Morgan fingerprint density at radius 1 is 1.00 bits per heavy atom. The number of amides is 1. The van der Waals surface area contributed by atoms with Crippen molar-refractivity contribution >= 4 is 17.7 Å². The molecule has 0 aliphatic carbocycles. The molecule has 1 saturated heterocycles. The molecule has 206 valence electrons. The summed E-state index contributed by atoms with van der Waals surface area (Å²) in [7, 11) is 0. The molecule has 0 saturated carbocycles. The zero-order valence-corrected chi connectivity index (χ0v) is 22.9. The predicted molar refractivity (Wildman–Crippen MR) is 151 cm³/mol. The van der Waals surface area contributed by atoms with Crippen molar-refractivity contribution < 1.29 is 24.1 Å². The molecule has 9 heteroatoms. The van der Waals surface area contributed by atoms with Gasteiger partial charge in [0.05, 0.1) is 24.4 Å². The van der Waals surface area contributed by atoms with E-state index in [2.05, 4.69) is 17.2 Å². The van der Waals surface area contributed by atoms with E-state index in [-0.39, 0.29) is 30.6 Å². The minimum atomic E-state index is -0.612. The summed E-state index contributed by atoms with van der Waals surface area (Å²) in [6.45, 7) is 2.45. The molecule has 8 nitrogen and oxygen atoms in total. The van der Waals surface area contributed by atoms with Crippen LogP contribution in [0.2, 0.25) is 0 Å². The summed E-state index contributed by atoms with van der Waals surface area (Å²) >= 11 is 1.46. The van der Waals surface area contributed by atoms with Gasteiger partial charge in [-0.25, -0.2) is 0 Å². The predicted octanol–water partition coefficient (Wildman–Crippen LogP) is 4.72. The van der Waals surface area contributed by atoms with E-state index in [9.17, 15) is 15.1 Å². The van der Waals surface area contributed by atoms with Crippen LogP contribution in [0.1, 0.15) is 51.9 Å². The third-order valence-electron chi connectivity index (χ3n) is 6.94. The maximum Gasteiger partial charge on any atom is 0.253 e. The summed E-state index contributed by atoms with van der Waals surface area (Å²) in [6, 6.07) is 24.4. The van der Waals surface area contributed by atoms with Crippen molar-refractivity contribution in [2.45, 2.75) is 43.6 Å². The van der Waals surface area contributed by atoms with Gasteiger partial charge in [0.1, 0.15) is 0 Å². The quantitative estimate of drug-likeness (QED) is 0.174. The summed E-state index contributed by atoms with van der Waals surface area (Å²) in [5.41, 5.74) is 4.15. The van der Waals surface area contributed by atoms with E-state index in [1.807, 2.05) is 54.6 Å². The first-order valence-electron chi connectivity index (χ1n) is 13.1. The fourth-order valence-corrected chi connectivity index (χ4v) is 5.66. The van der Waals surface area contributed by atoms with Crippen LogP contribution < -0.4 is 10.0 Å². The highest BCUT2D eigenvalue weighted by Gasteiger charge is 2.38. The standard InChI is InChI=1S/C31H31N3O5S/c1-21-27(20-40-28-6-2-3-16-34(28)37)38-31(39-29(21)24-11-9-23(19-35)10-12-24)25-13-7-22(8-14-25)17-33-30(36)26-5-4-15-32-18-26/h2-16,18,21,27,29,31,35H,17,19-20H2,1H3,(H,33,36)/t21-,27+,29+,31+/m0/s1. The number of hydrogen-bond acceptors (Lipinski definition) is 7. The van der Waals surface area contributed by atoms with Crippen LogP contribution in [0.4, 0.5) is 0 Å². The number of rotatable bonds is 9.